The van der Waals surface area contributed by atoms with E-state index in [1.165, 1.54) is 49.0 Å². The van der Waals surface area contributed by atoms with Crippen molar-refractivity contribution in [2.75, 3.05) is 5.01 Å². The molecule has 4 nitrogen and oxygen atoms in total. The Balaban J connectivity index is 1.46. The molecule has 0 atom stereocenters. The first kappa shape index (κ1) is 26.7. The molecule has 0 saturated carbocycles. The maximum absolute atomic E-state index is 2.48. The smallest absolute Gasteiger partial charge is 0.0963 e. The van der Waals surface area contributed by atoms with E-state index in [1.54, 1.807) is 0 Å². The van der Waals surface area contributed by atoms with E-state index in [1.807, 2.05) is 0 Å². The summed E-state index contributed by atoms with van der Waals surface area (Å²) in [4.78, 5) is 0. The Kier molecular flexibility index (Phi) is 5.84. The Labute approximate surface area is 277 Å². The lowest BCUT2D eigenvalue weighted by atomic mass is 10.1. The Morgan fingerprint density at radius 2 is 0.854 bits per heavy atom. The van der Waals surface area contributed by atoms with Gasteiger partial charge in [0.15, 0.2) is 0 Å². The second-order valence-electron chi connectivity index (χ2n) is 12.3. The highest BCUT2D eigenvalue weighted by molar-refractivity contribution is 6.26. The summed E-state index contributed by atoms with van der Waals surface area (Å²) in [6.07, 6.45) is 2.20. The summed E-state index contributed by atoms with van der Waals surface area (Å²) in [5.74, 6) is 0. The lowest BCUT2D eigenvalue weighted by Crippen LogP contribution is -2.24. The molecule has 0 bridgehead atoms. The molecule has 10 rings (SSSR count). The van der Waals surface area contributed by atoms with Gasteiger partial charge >= 0.3 is 0 Å². The zero-order chi connectivity index (χ0) is 31.6. The molecule has 0 N–H and O–H groups in total. The summed E-state index contributed by atoms with van der Waals surface area (Å²) >= 11 is 0. The molecule has 0 saturated heterocycles. The van der Waals surface area contributed by atoms with Crippen LogP contribution in [0.3, 0.4) is 0 Å². The third kappa shape index (κ3) is 3.83. The van der Waals surface area contributed by atoms with Crippen LogP contribution in [-0.4, -0.2) is 13.8 Å². The molecule has 0 fully saturated rings. The van der Waals surface area contributed by atoms with Crippen molar-refractivity contribution in [3.8, 4) is 11.4 Å². The third-order valence-electron chi connectivity index (χ3n) is 9.62. The summed E-state index contributed by atoms with van der Waals surface area (Å²) in [5.41, 5.74) is 10.3. The van der Waals surface area contributed by atoms with Crippen LogP contribution in [-0.2, 0) is 0 Å². The predicted octanol–water partition coefficient (Wildman–Crippen LogP) is 11.4. The molecule has 4 heteroatoms. The molecule has 0 radical (unpaired) electrons. The van der Waals surface area contributed by atoms with Gasteiger partial charge in [0.05, 0.1) is 39.0 Å². The van der Waals surface area contributed by atoms with Gasteiger partial charge in [-0.1, -0.05) is 103 Å². The number of benzene rings is 7. The molecular weight excluding hydrogens is 585 g/mol. The minimum absolute atomic E-state index is 1.08. The highest BCUT2D eigenvalue weighted by Gasteiger charge is 2.26. The monoisotopic (exact) mass is 614 g/mol. The average molecular weight is 615 g/mol. The lowest BCUT2D eigenvalue weighted by molar-refractivity contribution is 0.889. The van der Waals surface area contributed by atoms with E-state index in [0.717, 1.165) is 28.3 Å². The van der Waals surface area contributed by atoms with Crippen LogP contribution < -0.4 is 5.01 Å². The number of nitrogens with zero attached hydrogens (tertiary/aromatic N) is 4. The van der Waals surface area contributed by atoms with Crippen LogP contribution in [0, 0.1) is 0 Å². The van der Waals surface area contributed by atoms with Crippen LogP contribution in [0.25, 0.3) is 65.9 Å². The summed E-state index contributed by atoms with van der Waals surface area (Å²) in [6.45, 7) is 0. The van der Waals surface area contributed by atoms with Crippen LogP contribution in [0.15, 0.2) is 182 Å². The minimum Gasteiger partial charge on any atom is -0.316 e. The number of anilines is 2. The van der Waals surface area contributed by atoms with Crippen molar-refractivity contribution in [1.82, 2.24) is 13.8 Å². The SMILES string of the molecule is c1ccc(N(c2ccccc2)n2c3c(ccc4c3ccn4-c3ccccc3)c3ccc4c5ccccc5n(-c5ccccc5)c4c32)cc1. The average Bonchev–Trinajstić information content (AvgIpc) is 3.84. The molecule has 0 aliphatic rings. The van der Waals surface area contributed by atoms with Crippen molar-refractivity contribution >= 4 is 65.9 Å². The van der Waals surface area contributed by atoms with Crippen molar-refractivity contribution < 1.29 is 0 Å². The Morgan fingerprint density at radius 1 is 0.333 bits per heavy atom. The van der Waals surface area contributed by atoms with E-state index < -0.39 is 0 Å². The second-order valence-corrected chi connectivity index (χ2v) is 12.3. The quantitative estimate of drug-likeness (QED) is 0.189. The van der Waals surface area contributed by atoms with Gasteiger partial charge in [0.2, 0.25) is 0 Å². The van der Waals surface area contributed by atoms with E-state index in [4.69, 9.17) is 0 Å². The molecule has 226 valence electrons. The van der Waals surface area contributed by atoms with Gasteiger partial charge in [-0.3, -0.25) is 0 Å². The number of aromatic nitrogens is 3. The number of fused-ring (bicyclic) bond motifs is 9. The topological polar surface area (TPSA) is 18.0 Å². The molecule has 48 heavy (non-hydrogen) atoms. The van der Waals surface area contributed by atoms with Gasteiger partial charge in [-0.25, -0.2) is 9.69 Å². The molecule has 0 unspecified atom stereocenters. The fourth-order valence-corrected chi connectivity index (χ4v) is 7.61. The van der Waals surface area contributed by atoms with Gasteiger partial charge in [0, 0.05) is 44.5 Å². The standard InChI is InChI=1S/C44H30N4/c1-5-15-31(16-6-1)45-30-29-39-40(45)28-27-37-38-26-25-36-35-23-13-14-24-41(35)46(32-17-7-2-8-18-32)43(36)44(38)48(42(37)39)47(33-19-9-3-10-20-33)34-21-11-4-12-22-34/h1-30H. The van der Waals surface area contributed by atoms with Gasteiger partial charge in [0.25, 0.3) is 0 Å². The van der Waals surface area contributed by atoms with Crippen molar-refractivity contribution in [3.63, 3.8) is 0 Å². The molecular formula is C44H30N4. The fourth-order valence-electron chi connectivity index (χ4n) is 7.61. The molecule has 0 aliphatic carbocycles. The Hall–Kier alpha value is -6.52. The summed E-state index contributed by atoms with van der Waals surface area (Å²) in [7, 11) is 0. The zero-order valence-corrected chi connectivity index (χ0v) is 26.1. The molecule has 0 aliphatic heterocycles. The molecule has 0 spiro atoms. The van der Waals surface area contributed by atoms with Crippen LogP contribution in [0.4, 0.5) is 11.4 Å². The van der Waals surface area contributed by atoms with E-state index >= 15 is 0 Å². The van der Waals surface area contributed by atoms with Gasteiger partial charge in [-0.15, -0.1) is 0 Å². The van der Waals surface area contributed by atoms with Crippen LogP contribution in [0.5, 0.6) is 0 Å². The summed E-state index contributed by atoms with van der Waals surface area (Å²) in [6, 6.07) is 63.1. The van der Waals surface area contributed by atoms with Gasteiger partial charge in [0.1, 0.15) is 0 Å². The van der Waals surface area contributed by atoms with Crippen molar-refractivity contribution in [1.29, 1.82) is 0 Å². The van der Waals surface area contributed by atoms with E-state index in [2.05, 4.69) is 201 Å². The van der Waals surface area contributed by atoms with E-state index in [-0.39, 0.29) is 0 Å². The normalized spacial score (nSPS) is 11.8. The molecule has 0 amide bonds. The minimum atomic E-state index is 1.08. The maximum atomic E-state index is 2.48. The molecule has 3 aromatic heterocycles. The number of rotatable bonds is 5. The zero-order valence-electron chi connectivity index (χ0n) is 26.1. The largest absolute Gasteiger partial charge is 0.316 e. The number of hydrogen-bond donors (Lipinski definition) is 0. The molecule has 7 aromatic carbocycles. The van der Waals surface area contributed by atoms with Crippen LogP contribution >= 0.6 is 0 Å². The maximum Gasteiger partial charge on any atom is 0.0963 e. The van der Waals surface area contributed by atoms with Gasteiger partial charge < -0.3 is 9.13 Å². The predicted molar refractivity (Wildman–Crippen MR) is 201 cm³/mol. The third-order valence-corrected chi connectivity index (χ3v) is 9.62. The number of para-hydroxylation sites is 5. The van der Waals surface area contributed by atoms with Gasteiger partial charge in [-0.2, -0.15) is 0 Å². The number of hydrogen-bond acceptors (Lipinski definition) is 1. The molecule has 3 heterocycles. The highest BCUT2D eigenvalue weighted by atomic mass is 15.6. The first-order valence-electron chi connectivity index (χ1n) is 16.4. The van der Waals surface area contributed by atoms with Crippen molar-refractivity contribution in [2.24, 2.45) is 0 Å². The second kappa shape index (κ2) is 10.5. The Bertz CT molecular complexity index is 2720. The Morgan fingerprint density at radius 3 is 1.52 bits per heavy atom. The fraction of sp³-hybridized carbons (Fsp3) is 0. The first-order valence-corrected chi connectivity index (χ1v) is 16.4. The summed E-state index contributed by atoms with van der Waals surface area (Å²) < 4.78 is 7.22. The van der Waals surface area contributed by atoms with Crippen molar-refractivity contribution in [2.45, 2.75) is 0 Å². The van der Waals surface area contributed by atoms with E-state index in [0.29, 0.717) is 0 Å². The summed E-state index contributed by atoms with van der Waals surface area (Å²) in [5, 5.41) is 8.47. The molecule has 10 aromatic rings. The van der Waals surface area contributed by atoms with Crippen LogP contribution in [0.1, 0.15) is 0 Å². The van der Waals surface area contributed by atoms with E-state index in [9.17, 15) is 0 Å². The first-order chi connectivity index (χ1) is 23.9. The lowest BCUT2D eigenvalue weighted by Gasteiger charge is -2.29. The van der Waals surface area contributed by atoms with Crippen molar-refractivity contribution in [3.05, 3.63) is 182 Å². The van der Waals surface area contributed by atoms with Gasteiger partial charge in [-0.05, 0) is 72.8 Å². The van der Waals surface area contributed by atoms with Crippen LogP contribution in [0.2, 0.25) is 0 Å². The highest BCUT2D eigenvalue weighted by Crippen LogP contribution is 2.44.